The van der Waals surface area contributed by atoms with Crippen molar-refractivity contribution in [2.24, 2.45) is 0 Å². The summed E-state index contributed by atoms with van der Waals surface area (Å²) in [6, 6.07) is 12.1. The van der Waals surface area contributed by atoms with Crippen molar-refractivity contribution in [2.45, 2.75) is 25.3 Å². The maximum absolute atomic E-state index is 12.5. The molecule has 0 aliphatic carbocycles. The molecule has 0 radical (unpaired) electrons. The van der Waals surface area contributed by atoms with Crippen LogP contribution in [0.15, 0.2) is 36.4 Å². The number of hydrogen-bond acceptors (Lipinski definition) is 3. The van der Waals surface area contributed by atoms with Crippen LogP contribution in [0.1, 0.15) is 29.8 Å². The van der Waals surface area contributed by atoms with Crippen molar-refractivity contribution < 1.29 is 4.79 Å². The second-order valence-corrected chi connectivity index (χ2v) is 5.72. The normalized spacial score (nSPS) is 18.6. The number of amides is 1. The lowest BCUT2D eigenvalue weighted by Gasteiger charge is -2.28. The van der Waals surface area contributed by atoms with Gasteiger partial charge in [0.05, 0.1) is 5.52 Å². The van der Waals surface area contributed by atoms with Gasteiger partial charge < -0.3 is 10.2 Å². The Balaban J connectivity index is 1.72. The van der Waals surface area contributed by atoms with E-state index in [4.69, 9.17) is 0 Å². The maximum atomic E-state index is 12.5. The van der Waals surface area contributed by atoms with Gasteiger partial charge in [0.25, 0.3) is 5.91 Å². The van der Waals surface area contributed by atoms with Crippen LogP contribution in [0.5, 0.6) is 0 Å². The molecule has 1 fully saturated rings. The number of aromatic nitrogens is 1. The zero-order chi connectivity index (χ0) is 14.7. The van der Waals surface area contributed by atoms with Crippen LogP contribution in [0.4, 0.5) is 0 Å². The van der Waals surface area contributed by atoms with Crippen LogP contribution in [-0.4, -0.2) is 42.0 Å². The zero-order valence-electron chi connectivity index (χ0n) is 12.4. The van der Waals surface area contributed by atoms with Crippen molar-refractivity contribution in [3.8, 4) is 0 Å². The van der Waals surface area contributed by atoms with Crippen molar-refractivity contribution in [3.05, 3.63) is 42.1 Å². The van der Waals surface area contributed by atoms with Crippen molar-refractivity contribution in [3.63, 3.8) is 0 Å². The van der Waals surface area contributed by atoms with Crippen LogP contribution in [-0.2, 0) is 0 Å². The van der Waals surface area contributed by atoms with E-state index in [2.05, 4.69) is 10.3 Å². The lowest BCUT2D eigenvalue weighted by atomic mass is 10.0. The summed E-state index contributed by atoms with van der Waals surface area (Å²) in [7, 11) is 1.86. The summed E-state index contributed by atoms with van der Waals surface area (Å²) in [4.78, 5) is 18.8. The van der Waals surface area contributed by atoms with E-state index in [0.29, 0.717) is 11.7 Å². The van der Waals surface area contributed by atoms with Gasteiger partial charge in [-0.3, -0.25) is 4.79 Å². The van der Waals surface area contributed by atoms with E-state index < -0.39 is 0 Å². The van der Waals surface area contributed by atoms with Crippen LogP contribution in [0.25, 0.3) is 10.9 Å². The number of para-hydroxylation sites is 1. The Morgan fingerprint density at radius 3 is 2.95 bits per heavy atom. The van der Waals surface area contributed by atoms with Crippen LogP contribution < -0.4 is 5.32 Å². The number of piperidine rings is 1. The highest BCUT2D eigenvalue weighted by molar-refractivity contribution is 5.94. The molecule has 21 heavy (non-hydrogen) atoms. The summed E-state index contributed by atoms with van der Waals surface area (Å²) >= 11 is 0. The first kappa shape index (κ1) is 14.0. The highest BCUT2D eigenvalue weighted by Crippen LogP contribution is 2.14. The summed E-state index contributed by atoms with van der Waals surface area (Å²) in [5, 5.41) is 4.53. The average Bonchev–Trinajstić information content (AvgIpc) is 2.54. The lowest BCUT2D eigenvalue weighted by Crippen LogP contribution is -2.44. The molecule has 0 saturated carbocycles. The molecule has 1 aromatic heterocycles. The summed E-state index contributed by atoms with van der Waals surface area (Å²) < 4.78 is 0. The van der Waals surface area contributed by atoms with E-state index >= 15 is 0 Å². The van der Waals surface area contributed by atoms with Gasteiger partial charge in [-0.15, -0.1) is 0 Å². The third-order valence-corrected chi connectivity index (χ3v) is 4.07. The molecule has 2 heterocycles. The van der Waals surface area contributed by atoms with E-state index in [1.807, 2.05) is 43.4 Å². The Morgan fingerprint density at radius 2 is 2.14 bits per heavy atom. The molecule has 1 aliphatic heterocycles. The standard InChI is InChI=1S/C17H21N3O/c1-20(12-14-7-4-5-11-18-14)17(21)16-10-9-13-6-2-3-8-15(13)19-16/h2-3,6,8-10,14,18H,4-5,7,11-12H2,1H3. The third-order valence-electron chi connectivity index (χ3n) is 4.07. The molecular formula is C17H21N3O. The number of pyridine rings is 1. The lowest BCUT2D eigenvalue weighted by molar-refractivity contribution is 0.0770. The van der Waals surface area contributed by atoms with Gasteiger partial charge in [0.2, 0.25) is 0 Å². The predicted octanol–water partition coefficient (Wildman–Crippen LogP) is 2.45. The first-order chi connectivity index (χ1) is 10.2. The molecule has 0 bridgehead atoms. The molecule has 4 heteroatoms. The van der Waals surface area contributed by atoms with Gasteiger partial charge >= 0.3 is 0 Å². The third kappa shape index (κ3) is 3.22. The number of nitrogens with zero attached hydrogens (tertiary/aromatic N) is 2. The fourth-order valence-electron chi connectivity index (χ4n) is 2.87. The fourth-order valence-corrected chi connectivity index (χ4v) is 2.87. The number of benzene rings is 1. The molecule has 4 nitrogen and oxygen atoms in total. The van der Waals surface area contributed by atoms with Gasteiger partial charge in [-0.25, -0.2) is 4.98 Å². The minimum absolute atomic E-state index is 0.00636. The smallest absolute Gasteiger partial charge is 0.272 e. The summed E-state index contributed by atoms with van der Waals surface area (Å²) in [5.74, 6) is -0.00636. The van der Waals surface area contributed by atoms with Crippen molar-refractivity contribution >= 4 is 16.8 Å². The van der Waals surface area contributed by atoms with Crippen LogP contribution >= 0.6 is 0 Å². The quantitative estimate of drug-likeness (QED) is 0.941. The Morgan fingerprint density at radius 1 is 1.29 bits per heavy atom. The first-order valence-electron chi connectivity index (χ1n) is 7.59. The Labute approximate surface area is 125 Å². The maximum Gasteiger partial charge on any atom is 0.272 e. The molecule has 2 aromatic rings. The van der Waals surface area contributed by atoms with Gasteiger partial charge in [0.15, 0.2) is 0 Å². The molecule has 1 unspecified atom stereocenters. The first-order valence-corrected chi connectivity index (χ1v) is 7.59. The minimum Gasteiger partial charge on any atom is -0.339 e. The van der Waals surface area contributed by atoms with E-state index in [1.54, 1.807) is 4.90 Å². The molecule has 110 valence electrons. The molecule has 1 atom stereocenters. The van der Waals surface area contributed by atoms with Crippen LogP contribution in [0.3, 0.4) is 0 Å². The second kappa shape index (κ2) is 6.22. The predicted molar refractivity (Wildman–Crippen MR) is 84.3 cm³/mol. The van der Waals surface area contributed by atoms with Gasteiger partial charge in [-0.05, 0) is 31.5 Å². The van der Waals surface area contributed by atoms with E-state index in [9.17, 15) is 4.79 Å². The second-order valence-electron chi connectivity index (χ2n) is 5.72. The highest BCUT2D eigenvalue weighted by Gasteiger charge is 2.19. The van der Waals surface area contributed by atoms with Crippen molar-refractivity contribution in [2.75, 3.05) is 20.1 Å². The Hall–Kier alpha value is -1.94. The molecular weight excluding hydrogens is 262 g/mol. The van der Waals surface area contributed by atoms with E-state index in [-0.39, 0.29) is 5.91 Å². The van der Waals surface area contributed by atoms with Gasteiger partial charge in [0, 0.05) is 25.0 Å². The van der Waals surface area contributed by atoms with Crippen molar-refractivity contribution in [1.82, 2.24) is 15.2 Å². The number of carbonyl (C=O) groups excluding carboxylic acids is 1. The number of fused-ring (bicyclic) bond motifs is 1. The molecule has 1 saturated heterocycles. The summed E-state index contributed by atoms with van der Waals surface area (Å²) in [5.41, 5.74) is 1.39. The van der Waals surface area contributed by atoms with E-state index in [1.165, 1.54) is 12.8 Å². The van der Waals surface area contributed by atoms with Crippen LogP contribution in [0.2, 0.25) is 0 Å². The van der Waals surface area contributed by atoms with Crippen molar-refractivity contribution in [1.29, 1.82) is 0 Å². The molecule has 1 aromatic carbocycles. The van der Waals surface area contributed by atoms with E-state index in [0.717, 1.165) is 30.4 Å². The van der Waals surface area contributed by atoms with Gasteiger partial charge in [0.1, 0.15) is 5.69 Å². The Bertz CT molecular complexity index is 635. The average molecular weight is 283 g/mol. The number of likely N-dealkylation sites (N-methyl/N-ethyl adjacent to an activating group) is 1. The topological polar surface area (TPSA) is 45.2 Å². The number of carbonyl (C=O) groups is 1. The molecule has 1 aliphatic rings. The zero-order valence-corrected chi connectivity index (χ0v) is 12.4. The molecule has 3 rings (SSSR count). The minimum atomic E-state index is -0.00636. The molecule has 1 amide bonds. The monoisotopic (exact) mass is 283 g/mol. The number of rotatable bonds is 3. The largest absolute Gasteiger partial charge is 0.339 e. The van der Waals surface area contributed by atoms with Gasteiger partial charge in [-0.1, -0.05) is 30.7 Å². The number of hydrogen-bond donors (Lipinski definition) is 1. The fraction of sp³-hybridized carbons (Fsp3) is 0.412. The summed E-state index contributed by atoms with van der Waals surface area (Å²) in [6.07, 6.45) is 3.62. The summed E-state index contributed by atoms with van der Waals surface area (Å²) in [6.45, 7) is 1.80. The molecule has 1 N–H and O–H groups in total. The number of nitrogens with one attached hydrogen (secondary N) is 1. The van der Waals surface area contributed by atoms with Crippen LogP contribution in [0, 0.1) is 0 Å². The Kier molecular flexibility index (Phi) is 4.15. The highest BCUT2D eigenvalue weighted by atomic mass is 16.2. The van der Waals surface area contributed by atoms with Gasteiger partial charge in [-0.2, -0.15) is 0 Å². The molecule has 0 spiro atoms. The SMILES string of the molecule is CN(CC1CCCCN1)C(=O)c1ccc2ccccc2n1.